The van der Waals surface area contributed by atoms with Crippen LogP contribution in [0.2, 0.25) is 0 Å². The van der Waals surface area contributed by atoms with Gasteiger partial charge >= 0.3 is 0 Å². The zero-order valence-corrected chi connectivity index (χ0v) is 11.8. The second-order valence-corrected chi connectivity index (χ2v) is 5.18. The lowest BCUT2D eigenvalue weighted by Crippen LogP contribution is -2.11. The highest BCUT2D eigenvalue weighted by Crippen LogP contribution is 2.14. The largest absolute Gasteiger partial charge is 0.319 e. The van der Waals surface area contributed by atoms with Crippen LogP contribution in [0, 0.1) is 0 Å². The molecule has 0 atom stereocenters. The topological polar surface area (TPSA) is 46.9 Å². The molecular weight excluding hydrogens is 294 g/mol. The maximum atomic E-state index is 11.9. The highest BCUT2D eigenvalue weighted by molar-refractivity contribution is 9.10. The summed E-state index contributed by atoms with van der Waals surface area (Å²) in [6.07, 6.45) is 3.47. The number of carbonyl (C=O) groups is 1. The molecule has 0 aliphatic carbocycles. The van der Waals surface area contributed by atoms with E-state index in [4.69, 9.17) is 0 Å². The van der Waals surface area contributed by atoms with Crippen LogP contribution in [0.25, 0.3) is 0 Å². The summed E-state index contributed by atoms with van der Waals surface area (Å²) < 4.78 is 2.75. The minimum atomic E-state index is -0.134. The van der Waals surface area contributed by atoms with E-state index in [2.05, 4.69) is 26.3 Å². The molecule has 18 heavy (non-hydrogen) atoms. The summed E-state index contributed by atoms with van der Waals surface area (Å²) in [5, 5.41) is 6.99. The van der Waals surface area contributed by atoms with Crippen LogP contribution in [0.15, 0.2) is 41.1 Å². The lowest BCUT2D eigenvalue weighted by atomic mass is 10.2. The van der Waals surface area contributed by atoms with Crippen molar-refractivity contribution in [3.05, 3.63) is 46.7 Å². The molecule has 0 unspecified atom stereocenters. The van der Waals surface area contributed by atoms with E-state index in [-0.39, 0.29) is 11.9 Å². The maximum Gasteiger partial charge on any atom is 0.255 e. The summed E-state index contributed by atoms with van der Waals surface area (Å²) in [6.45, 7) is 4.07. The third kappa shape index (κ3) is 2.98. The minimum Gasteiger partial charge on any atom is -0.319 e. The van der Waals surface area contributed by atoms with Gasteiger partial charge in [-0.2, -0.15) is 5.10 Å². The van der Waals surface area contributed by atoms with Crippen molar-refractivity contribution in [2.24, 2.45) is 0 Å². The fourth-order valence-electron chi connectivity index (χ4n) is 1.49. The Balaban J connectivity index is 2.08. The third-order valence-electron chi connectivity index (χ3n) is 2.49. The molecule has 4 nitrogen and oxygen atoms in total. The van der Waals surface area contributed by atoms with Crippen LogP contribution in [-0.2, 0) is 0 Å². The Morgan fingerprint density at radius 1 is 1.33 bits per heavy atom. The van der Waals surface area contributed by atoms with E-state index in [1.54, 1.807) is 23.0 Å². The first kappa shape index (κ1) is 12.8. The number of rotatable bonds is 3. The molecule has 0 radical (unpaired) electrons. The molecule has 0 saturated carbocycles. The summed E-state index contributed by atoms with van der Waals surface area (Å²) in [5.74, 6) is -0.134. The lowest BCUT2D eigenvalue weighted by Gasteiger charge is -2.04. The van der Waals surface area contributed by atoms with Gasteiger partial charge in [-0.25, -0.2) is 0 Å². The van der Waals surface area contributed by atoms with Gasteiger partial charge in [-0.15, -0.1) is 0 Å². The quantitative estimate of drug-likeness (QED) is 0.943. The van der Waals surface area contributed by atoms with Crippen molar-refractivity contribution in [1.29, 1.82) is 0 Å². The van der Waals surface area contributed by atoms with Crippen molar-refractivity contribution in [2.75, 3.05) is 5.32 Å². The van der Waals surface area contributed by atoms with Crippen LogP contribution >= 0.6 is 15.9 Å². The second kappa shape index (κ2) is 5.35. The number of amides is 1. The Morgan fingerprint density at radius 3 is 2.56 bits per heavy atom. The van der Waals surface area contributed by atoms with E-state index < -0.39 is 0 Å². The van der Waals surface area contributed by atoms with E-state index in [1.165, 1.54) is 0 Å². The molecule has 2 rings (SSSR count). The number of benzene rings is 1. The number of anilines is 1. The molecule has 1 heterocycles. The summed E-state index contributed by atoms with van der Waals surface area (Å²) in [7, 11) is 0. The molecular formula is C13H14BrN3O. The zero-order chi connectivity index (χ0) is 13.1. The minimum absolute atomic E-state index is 0.134. The summed E-state index contributed by atoms with van der Waals surface area (Å²) in [5.41, 5.74) is 1.33. The Bertz CT molecular complexity index is 546. The second-order valence-electron chi connectivity index (χ2n) is 4.26. The van der Waals surface area contributed by atoms with Crippen molar-refractivity contribution in [3.8, 4) is 0 Å². The fourth-order valence-corrected chi connectivity index (χ4v) is 1.75. The first-order valence-corrected chi connectivity index (χ1v) is 6.46. The number of halogens is 1. The predicted octanol–water partition coefficient (Wildman–Crippen LogP) is 3.48. The van der Waals surface area contributed by atoms with Gasteiger partial charge in [0.2, 0.25) is 0 Å². The van der Waals surface area contributed by atoms with Gasteiger partial charge in [-0.05, 0) is 38.1 Å². The molecule has 0 saturated heterocycles. The monoisotopic (exact) mass is 307 g/mol. The van der Waals surface area contributed by atoms with E-state index >= 15 is 0 Å². The zero-order valence-electron chi connectivity index (χ0n) is 10.2. The molecule has 0 aliphatic heterocycles. The fraction of sp³-hybridized carbons (Fsp3) is 0.231. The van der Waals surface area contributed by atoms with Gasteiger partial charge in [0.15, 0.2) is 0 Å². The molecule has 2 aromatic rings. The lowest BCUT2D eigenvalue weighted by molar-refractivity contribution is 0.102. The number of hydrogen-bond donors (Lipinski definition) is 1. The molecule has 1 aromatic heterocycles. The summed E-state index contributed by atoms with van der Waals surface area (Å²) in [4.78, 5) is 11.9. The van der Waals surface area contributed by atoms with Gasteiger partial charge in [0.05, 0.1) is 11.9 Å². The summed E-state index contributed by atoms with van der Waals surface area (Å²) in [6, 6.07) is 7.50. The molecule has 0 fully saturated rings. The normalized spacial score (nSPS) is 10.7. The SMILES string of the molecule is CC(C)n1cc(NC(=O)c2ccc(Br)cc2)cn1. The van der Waals surface area contributed by atoms with Gasteiger partial charge in [-0.3, -0.25) is 9.48 Å². The molecule has 94 valence electrons. The molecule has 0 spiro atoms. The number of nitrogens with one attached hydrogen (secondary N) is 1. The summed E-state index contributed by atoms with van der Waals surface area (Å²) >= 11 is 3.34. The molecule has 0 bridgehead atoms. The van der Waals surface area contributed by atoms with Gasteiger partial charge in [-0.1, -0.05) is 15.9 Å². The molecule has 1 N–H and O–H groups in total. The highest BCUT2D eigenvalue weighted by Gasteiger charge is 2.08. The molecule has 1 amide bonds. The van der Waals surface area contributed by atoms with Crippen LogP contribution in [-0.4, -0.2) is 15.7 Å². The maximum absolute atomic E-state index is 11.9. The van der Waals surface area contributed by atoms with Crippen LogP contribution in [0.4, 0.5) is 5.69 Å². The number of carbonyl (C=O) groups excluding carboxylic acids is 1. The van der Waals surface area contributed by atoms with Crippen molar-refractivity contribution < 1.29 is 4.79 Å². The van der Waals surface area contributed by atoms with Crippen molar-refractivity contribution in [3.63, 3.8) is 0 Å². The smallest absolute Gasteiger partial charge is 0.255 e. The molecule has 1 aromatic carbocycles. The average molecular weight is 308 g/mol. The van der Waals surface area contributed by atoms with Crippen LogP contribution in [0.1, 0.15) is 30.2 Å². The van der Waals surface area contributed by atoms with Crippen molar-refractivity contribution >= 4 is 27.5 Å². The first-order valence-electron chi connectivity index (χ1n) is 5.67. The van der Waals surface area contributed by atoms with Gasteiger partial charge in [0.25, 0.3) is 5.91 Å². The predicted molar refractivity (Wildman–Crippen MR) is 74.7 cm³/mol. The van der Waals surface area contributed by atoms with Crippen LogP contribution in [0.3, 0.4) is 0 Å². The molecule has 5 heteroatoms. The Labute approximate surface area is 114 Å². The van der Waals surface area contributed by atoms with Crippen LogP contribution < -0.4 is 5.32 Å². The Kier molecular flexibility index (Phi) is 3.81. The van der Waals surface area contributed by atoms with Crippen LogP contribution in [0.5, 0.6) is 0 Å². The van der Waals surface area contributed by atoms with E-state index in [9.17, 15) is 4.79 Å². The number of hydrogen-bond acceptors (Lipinski definition) is 2. The van der Waals surface area contributed by atoms with Gasteiger partial charge in [0, 0.05) is 22.3 Å². The highest BCUT2D eigenvalue weighted by atomic mass is 79.9. The number of nitrogens with zero attached hydrogens (tertiary/aromatic N) is 2. The van der Waals surface area contributed by atoms with E-state index in [0.717, 1.165) is 4.47 Å². The third-order valence-corrected chi connectivity index (χ3v) is 3.02. The number of aromatic nitrogens is 2. The Hall–Kier alpha value is -1.62. The van der Waals surface area contributed by atoms with E-state index in [1.807, 2.05) is 32.2 Å². The van der Waals surface area contributed by atoms with E-state index in [0.29, 0.717) is 11.3 Å². The van der Waals surface area contributed by atoms with Crippen molar-refractivity contribution in [2.45, 2.75) is 19.9 Å². The van der Waals surface area contributed by atoms with Crippen molar-refractivity contribution in [1.82, 2.24) is 9.78 Å². The Morgan fingerprint density at radius 2 is 2.00 bits per heavy atom. The van der Waals surface area contributed by atoms with Gasteiger partial charge < -0.3 is 5.32 Å². The average Bonchev–Trinajstić information content (AvgIpc) is 2.78. The van der Waals surface area contributed by atoms with Gasteiger partial charge in [0.1, 0.15) is 0 Å². The first-order chi connectivity index (χ1) is 8.56. The standard InChI is InChI=1S/C13H14BrN3O/c1-9(2)17-8-12(7-15-17)16-13(18)10-3-5-11(14)6-4-10/h3-9H,1-2H3,(H,16,18). The molecule has 0 aliphatic rings.